The molecule has 1 heterocycles. The molecule has 0 saturated heterocycles. The number of hydrogen-bond acceptors (Lipinski definition) is 4. The number of hydrogen-bond donors (Lipinski definition) is 1. The quantitative estimate of drug-likeness (QED) is 0.915. The van der Waals surface area contributed by atoms with Crippen molar-refractivity contribution >= 4 is 5.97 Å². The molecule has 2 rings (SSSR count). The van der Waals surface area contributed by atoms with Crippen LogP contribution in [0.5, 0.6) is 5.75 Å². The van der Waals surface area contributed by atoms with Crippen LogP contribution >= 0.6 is 0 Å². The van der Waals surface area contributed by atoms with Gasteiger partial charge in [0.1, 0.15) is 23.6 Å². The number of carboxylic acids is 1. The fourth-order valence-electron chi connectivity index (χ4n) is 1.94. The summed E-state index contributed by atoms with van der Waals surface area (Å²) in [5.74, 6) is 0.471. The van der Waals surface area contributed by atoms with Crippen LogP contribution < -0.4 is 4.74 Å². The van der Waals surface area contributed by atoms with Crippen molar-refractivity contribution < 1.29 is 19.1 Å². The van der Waals surface area contributed by atoms with Crippen molar-refractivity contribution in [3.05, 3.63) is 35.4 Å². The third kappa shape index (κ3) is 2.76. The van der Waals surface area contributed by atoms with E-state index in [1.165, 1.54) is 0 Å². The Morgan fingerprint density at radius 1 is 1.42 bits per heavy atom. The Balaban J connectivity index is 2.57. The van der Waals surface area contributed by atoms with Crippen LogP contribution in [0.15, 0.2) is 22.6 Å². The minimum absolute atomic E-state index is 0.201. The number of aromatic nitrogens is 1. The van der Waals surface area contributed by atoms with E-state index in [0.29, 0.717) is 23.1 Å². The van der Waals surface area contributed by atoms with E-state index < -0.39 is 5.97 Å². The Labute approximate surface area is 110 Å². The molecule has 1 N–H and O–H groups in total. The van der Waals surface area contributed by atoms with E-state index >= 15 is 0 Å². The number of aliphatic carboxylic acids is 1. The van der Waals surface area contributed by atoms with Crippen LogP contribution in [0.2, 0.25) is 0 Å². The zero-order chi connectivity index (χ0) is 14.0. The average molecular weight is 261 g/mol. The molecule has 0 amide bonds. The molecule has 0 aliphatic rings. The SMILES string of the molecule is COc1ccc(C)cc1-c1nc(C)oc1CC(=O)O. The largest absolute Gasteiger partial charge is 0.496 e. The molecule has 0 saturated carbocycles. The maximum atomic E-state index is 10.9. The topological polar surface area (TPSA) is 72.6 Å². The van der Waals surface area contributed by atoms with Gasteiger partial charge in [0.05, 0.1) is 7.11 Å². The van der Waals surface area contributed by atoms with Crippen molar-refractivity contribution in [2.75, 3.05) is 7.11 Å². The minimum atomic E-state index is -0.955. The fraction of sp³-hybridized carbons (Fsp3) is 0.286. The molecule has 0 fully saturated rings. The summed E-state index contributed by atoms with van der Waals surface area (Å²) in [6, 6.07) is 5.66. The Hall–Kier alpha value is -2.30. The smallest absolute Gasteiger partial charge is 0.311 e. The van der Waals surface area contributed by atoms with Gasteiger partial charge >= 0.3 is 5.97 Å². The van der Waals surface area contributed by atoms with Crippen LogP contribution in [0.1, 0.15) is 17.2 Å². The Bertz CT molecular complexity index is 616. The monoisotopic (exact) mass is 261 g/mol. The van der Waals surface area contributed by atoms with Crippen LogP contribution in [0.4, 0.5) is 0 Å². The average Bonchev–Trinajstić information content (AvgIpc) is 2.69. The standard InChI is InChI=1S/C14H15NO4/c1-8-4-5-11(18-3)10(6-8)14-12(7-13(16)17)19-9(2)15-14/h4-6H,7H2,1-3H3,(H,16,17). The second-order valence-electron chi connectivity index (χ2n) is 4.28. The third-order valence-electron chi connectivity index (χ3n) is 2.73. The lowest BCUT2D eigenvalue weighted by atomic mass is 10.1. The van der Waals surface area contributed by atoms with Crippen molar-refractivity contribution in [3.8, 4) is 17.0 Å². The summed E-state index contributed by atoms with van der Waals surface area (Å²) in [6.07, 6.45) is -0.201. The summed E-state index contributed by atoms with van der Waals surface area (Å²) < 4.78 is 10.7. The highest BCUT2D eigenvalue weighted by Gasteiger charge is 2.19. The van der Waals surface area contributed by atoms with Gasteiger partial charge in [-0.3, -0.25) is 4.79 Å². The number of aryl methyl sites for hydroxylation is 2. The van der Waals surface area contributed by atoms with Crippen LogP contribution in [-0.4, -0.2) is 23.2 Å². The van der Waals surface area contributed by atoms with Crippen molar-refractivity contribution in [1.82, 2.24) is 4.98 Å². The van der Waals surface area contributed by atoms with Gasteiger partial charge in [-0.15, -0.1) is 0 Å². The predicted octanol–water partition coefficient (Wildman–Crippen LogP) is 2.59. The number of carboxylic acid groups (broad SMARTS) is 1. The number of oxazole rings is 1. The Kier molecular flexibility index (Phi) is 3.55. The summed E-state index contributed by atoms with van der Waals surface area (Å²) in [5, 5.41) is 8.91. The van der Waals surface area contributed by atoms with Crippen LogP contribution in [0.3, 0.4) is 0 Å². The van der Waals surface area contributed by atoms with E-state index in [-0.39, 0.29) is 6.42 Å². The Morgan fingerprint density at radius 3 is 2.79 bits per heavy atom. The second kappa shape index (κ2) is 5.14. The molecule has 2 aromatic rings. The van der Waals surface area contributed by atoms with E-state index in [4.69, 9.17) is 14.3 Å². The van der Waals surface area contributed by atoms with Gasteiger partial charge in [0.15, 0.2) is 5.89 Å². The highest BCUT2D eigenvalue weighted by molar-refractivity contribution is 5.76. The summed E-state index contributed by atoms with van der Waals surface area (Å²) >= 11 is 0. The molecule has 0 bridgehead atoms. The van der Waals surface area contributed by atoms with Crippen molar-refractivity contribution in [2.24, 2.45) is 0 Å². The molecule has 0 atom stereocenters. The maximum Gasteiger partial charge on any atom is 0.311 e. The lowest BCUT2D eigenvalue weighted by Crippen LogP contribution is -2.01. The van der Waals surface area contributed by atoms with E-state index in [1.54, 1.807) is 14.0 Å². The molecule has 0 aliphatic carbocycles. The van der Waals surface area contributed by atoms with E-state index in [9.17, 15) is 4.79 Å². The summed E-state index contributed by atoms with van der Waals surface area (Å²) in [7, 11) is 1.57. The zero-order valence-corrected chi connectivity index (χ0v) is 11.1. The van der Waals surface area contributed by atoms with Gasteiger partial charge in [0.2, 0.25) is 0 Å². The highest BCUT2D eigenvalue weighted by atomic mass is 16.5. The number of nitrogens with zero attached hydrogens (tertiary/aromatic N) is 1. The van der Waals surface area contributed by atoms with Gasteiger partial charge in [-0.25, -0.2) is 4.98 Å². The van der Waals surface area contributed by atoms with E-state index in [0.717, 1.165) is 11.1 Å². The van der Waals surface area contributed by atoms with Crippen molar-refractivity contribution in [1.29, 1.82) is 0 Å². The maximum absolute atomic E-state index is 10.9. The first-order chi connectivity index (χ1) is 9.01. The normalized spacial score (nSPS) is 10.5. The molecular weight excluding hydrogens is 246 g/mol. The van der Waals surface area contributed by atoms with Gasteiger partial charge in [-0.1, -0.05) is 11.6 Å². The molecular formula is C14H15NO4. The second-order valence-corrected chi connectivity index (χ2v) is 4.28. The molecule has 1 aromatic carbocycles. The molecule has 19 heavy (non-hydrogen) atoms. The summed E-state index contributed by atoms with van der Waals surface area (Å²) in [5.41, 5.74) is 2.31. The van der Waals surface area contributed by atoms with Crippen LogP contribution in [0.25, 0.3) is 11.3 Å². The first-order valence-electron chi connectivity index (χ1n) is 5.84. The Morgan fingerprint density at radius 2 is 2.16 bits per heavy atom. The van der Waals surface area contributed by atoms with Gasteiger partial charge in [-0.05, 0) is 19.1 Å². The number of carbonyl (C=O) groups is 1. The zero-order valence-electron chi connectivity index (χ0n) is 11.1. The van der Waals surface area contributed by atoms with Gasteiger partial charge in [0.25, 0.3) is 0 Å². The number of benzene rings is 1. The molecule has 0 unspecified atom stereocenters. The molecule has 1 aromatic heterocycles. The van der Waals surface area contributed by atoms with Crippen LogP contribution in [0, 0.1) is 13.8 Å². The number of methoxy groups -OCH3 is 1. The molecule has 5 heteroatoms. The molecule has 0 radical (unpaired) electrons. The molecule has 5 nitrogen and oxygen atoms in total. The predicted molar refractivity (Wildman–Crippen MR) is 69.3 cm³/mol. The molecule has 0 aliphatic heterocycles. The van der Waals surface area contributed by atoms with E-state index in [1.807, 2.05) is 25.1 Å². The van der Waals surface area contributed by atoms with E-state index in [2.05, 4.69) is 4.98 Å². The number of ether oxygens (including phenoxy) is 1. The first-order valence-corrected chi connectivity index (χ1v) is 5.84. The van der Waals surface area contributed by atoms with Crippen molar-refractivity contribution in [3.63, 3.8) is 0 Å². The fourth-order valence-corrected chi connectivity index (χ4v) is 1.94. The lowest BCUT2D eigenvalue weighted by Gasteiger charge is -2.08. The van der Waals surface area contributed by atoms with Gasteiger partial charge in [-0.2, -0.15) is 0 Å². The highest BCUT2D eigenvalue weighted by Crippen LogP contribution is 2.33. The van der Waals surface area contributed by atoms with Gasteiger partial charge < -0.3 is 14.3 Å². The molecule has 100 valence electrons. The minimum Gasteiger partial charge on any atom is -0.496 e. The number of rotatable bonds is 4. The van der Waals surface area contributed by atoms with Crippen molar-refractivity contribution in [2.45, 2.75) is 20.3 Å². The van der Waals surface area contributed by atoms with Gasteiger partial charge in [0, 0.05) is 12.5 Å². The summed E-state index contributed by atoms with van der Waals surface area (Å²) in [6.45, 7) is 3.64. The first kappa shape index (κ1) is 13.1. The lowest BCUT2D eigenvalue weighted by molar-refractivity contribution is -0.136. The third-order valence-corrected chi connectivity index (χ3v) is 2.73. The molecule has 0 spiro atoms. The summed E-state index contributed by atoms with van der Waals surface area (Å²) in [4.78, 5) is 15.1. The van der Waals surface area contributed by atoms with Crippen LogP contribution in [-0.2, 0) is 11.2 Å².